The molecule has 0 aromatic heterocycles. The Kier molecular flexibility index (Phi) is 6.33. The number of nitriles is 1. The lowest BCUT2D eigenvalue weighted by atomic mass is 10.1. The molecule has 0 spiro atoms. The van der Waals surface area contributed by atoms with E-state index in [2.05, 4.69) is 5.32 Å². The Morgan fingerprint density at radius 2 is 1.85 bits per heavy atom. The molecule has 2 aromatic rings. The number of anilines is 1. The molecule has 0 bridgehead atoms. The second-order valence-electron chi connectivity index (χ2n) is 5.30. The number of ether oxygens (including phenoxy) is 1. The van der Waals surface area contributed by atoms with Crippen LogP contribution in [0.5, 0.6) is 0 Å². The highest BCUT2D eigenvalue weighted by Crippen LogP contribution is 2.29. The third-order valence-electron chi connectivity index (χ3n) is 3.27. The zero-order valence-corrected chi connectivity index (χ0v) is 13.8. The van der Waals surface area contributed by atoms with Crippen molar-refractivity contribution >= 4 is 23.6 Å². The fraction of sp³-hybridized carbons (Fsp3) is 0.105. The van der Waals surface area contributed by atoms with Gasteiger partial charge in [0.1, 0.15) is 0 Å². The Hall–Kier alpha value is -3.60. The number of carbonyl (C=O) groups is 2. The number of alkyl halides is 3. The SMILES string of the molecule is N#Cc1cccc(NC(=O)COC(=O)/C=C/c2ccc(C(F)(F)F)cc2)c1. The number of hydrogen-bond donors (Lipinski definition) is 1. The van der Waals surface area contributed by atoms with Gasteiger partial charge in [-0.1, -0.05) is 18.2 Å². The van der Waals surface area contributed by atoms with Crippen molar-refractivity contribution in [2.75, 3.05) is 11.9 Å². The Morgan fingerprint density at radius 3 is 2.48 bits per heavy atom. The summed E-state index contributed by atoms with van der Waals surface area (Å²) in [7, 11) is 0. The summed E-state index contributed by atoms with van der Waals surface area (Å²) >= 11 is 0. The van der Waals surface area contributed by atoms with Gasteiger partial charge < -0.3 is 10.1 Å². The van der Waals surface area contributed by atoms with E-state index in [4.69, 9.17) is 10.00 Å². The maximum atomic E-state index is 12.5. The highest BCUT2D eigenvalue weighted by molar-refractivity contribution is 5.94. The molecule has 2 aromatic carbocycles. The molecule has 0 heterocycles. The van der Waals surface area contributed by atoms with Gasteiger partial charge in [0.2, 0.25) is 0 Å². The van der Waals surface area contributed by atoms with Crippen LogP contribution in [0.4, 0.5) is 18.9 Å². The summed E-state index contributed by atoms with van der Waals surface area (Å²) in [4.78, 5) is 23.3. The van der Waals surface area contributed by atoms with Crippen molar-refractivity contribution < 1.29 is 27.5 Å². The van der Waals surface area contributed by atoms with Crippen LogP contribution in [0, 0.1) is 11.3 Å². The van der Waals surface area contributed by atoms with Gasteiger partial charge in [-0.15, -0.1) is 0 Å². The summed E-state index contributed by atoms with van der Waals surface area (Å²) < 4.78 is 42.1. The van der Waals surface area contributed by atoms with E-state index in [0.29, 0.717) is 16.8 Å². The van der Waals surface area contributed by atoms with Gasteiger partial charge in [-0.2, -0.15) is 18.4 Å². The Balaban J connectivity index is 1.84. The van der Waals surface area contributed by atoms with Gasteiger partial charge in [0.05, 0.1) is 17.2 Å². The van der Waals surface area contributed by atoms with Gasteiger partial charge in [-0.3, -0.25) is 4.79 Å². The van der Waals surface area contributed by atoms with Crippen LogP contribution >= 0.6 is 0 Å². The number of benzene rings is 2. The highest BCUT2D eigenvalue weighted by atomic mass is 19.4. The van der Waals surface area contributed by atoms with Crippen LogP contribution in [-0.4, -0.2) is 18.5 Å². The summed E-state index contributed by atoms with van der Waals surface area (Å²) in [5.74, 6) is -1.42. The molecule has 0 aliphatic rings. The third-order valence-corrected chi connectivity index (χ3v) is 3.27. The smallest absolute Gasteiger partial charge is 0.416 e. The lowest BCUT2D eigenvalue weighted by Crippen LogP contribution is -2.20. The summed E-state index contributed by atoms with van der Waals surface area (Å²) in [5.41, 5.74) is 0.330. The third kappa shape index (κ3) is 6.32. The average molecular weight is 374 g/mol. The molecule has 8 heteroatoms. The van der Waals surface area contributed by atoms with Crippen molar-refractivity contribution in [3.8, 4) is 6.07 Å². The molecule has 0 saturated heterocycles. The highest BCUT2D eigenvalue weighted by Gasteiger charge is 2.29. The molecule has 0 aliphatic heterocycles. The minimum Gasteiger partial charge on any atom is -0.452 e. The first-order chi connectivity index (χ1) is 12.8. The monoisotopic (exact) mass is 374 g/mol. The average Bonchev–Trinajstić information content (AvgIpc) is 2.64. The fourth-order valence-electron chi connectivity index (χ4n) is 2.00. The quantitative estimate of drug-likeness (QED) is 0.638. The number of hydrogen-bond acceptors (Lipinski definition) is 4. The maximum Gasteiger partial charge on any atom is 0.416 e. The maximum absolute atomic E-state index is 12.5. The Bertz CT molecular complexity index is 898. The fourth-order valence-corrected chi connectivity index (χ4v) is 2.00. The lowest BCUT2D eigenvalue weighted by molar-refractivity contribution is -0.142. The van der Waals surface area contributed by atoms with E-state index in [-0.39, 0.29) is 0 Å². The number of esters is 1. The Morgan fingerprint density at radius 1 is 1.15 bits per heavy atom. The van der Waals surface area contributed by atoms with E-state index in [9.17, 15) is 22.8 Å². The van der Waals surface area contributed by atoms with E-state index < -0.39 is 30.2 Å². The minimum absolute atomic E-state index is 0.365. The van der Waals surface area contributed by atoms with Crippen molar-refractivity contribution in [2.24, 2.45) is 0 Å². The molecule has 27 heavy (non-hydrogen) atoms. The van der Waals surface area contributed by atoms with Gasteiger partial charge >= 0.3 is 12.1 Å². The molecule has 0 fully saturated rings. The number of nitrogens with zero attached hydrogens (tertiary/aromatic N) is 1. The molecule has 1 amide bonds. The first-order valence-electron chi connectivity index (χ1n) is 7.60. The van der Waals surface area contributed by atoms with Gasteiger partial charge in [0.15, 0.2) is 6.61 Å². The van der Waals surface area contributed by atoms with Crippen molar-refractivity contribution in [3.05, 3.63) is 71.3 Å². The molecule has 2 rings (SSSR count). The molecule has 0 saturated carbocycles. The van der Waals surface area contributed by atoms with E-state index in [0.717, 1.165) is 18.2 Å². The van der Waals surface area contributed by atoms with Crippen LogP contribution in [0.3, 0.4) is 0 Å². The molecule has 5 nitrogen and oxygen atoms in total. The van der Waals surface area contributed by atoms with Crippen molar-refractivity contribution in [3.63, 3.8) is 0 Å². The first kappa shape index (κ1) is 19.7. The number of halogens is 3. The minimum atomic E-state index is -4.43. The predicted molar refractivity (Wildman–Crippen MR) is 91.2 cm³/mol. The summed E-state index contributed by atoms with van der Waals surface area (Å²) in [6, 6.07) is 12.3. The van der Waals surface area contributed by atoms with E-state index >= 15 is 0 Å². The zero-order valence-electron chi connectivity index (χ0n) is 13.8. The normalized spacial score (nSPS) is 11.0. The largest absolute Gasteiger partial charge is 0.452 e. The van der Waals surface area contributed by atoms with Gasteiger partial charge in [0.25, 0.3) is 5.91 Å². The molecule has 0 radical (unpaired) electrons. The number of carbonyl (C=O) groups excluding carboxylic acids is 2. The van der Waals surface area contributed by atoms with Crippen LogP contribution < -0.4 is 5.32 Å². The van der Waals surface area contributed by atoms with Crippen LogP contribution in [0.1, 0.15) is 16.7 Å². The van der Waals surface area contributed by atoms with Crippen molar-refractivity contribution in [1.82, 2.24) is 0 Å². The molecule has 0 unspecified atom stereocenters. The van der Waals surface area contributed by atoms with Gasteiger partial charge in [-0.25, -0.2) is 4.79 Å². The van der Waals surface area contributed by atoms with Gasteiger partial charge in [0, 0.05) is 11.8 Å². The van der Waals surface area contributed by atoms with E-state index in [1.165, 1.54) is 24.3 Å². The second-order valence-corrected chi connectivity index (χ2v) is 5.30. The number of amides is 1. The van der Waals surface area contributed by atoms with E-state index in [1.54, 1.807) is 18.2 Å². The molecular formula is C19H13F3N2O3. The molecular weight excluding hydrogens is 361 g/mol. The van der Waals surface area contributed by atoms with Crippen molar-refractivity contribution in [2.45, 2.75) is 6.18 Å². The number of rotatable bonds is 5. The summed E-state index contributed by atoms with van der Waals surface area (Å²) in [6.45, 7) is -0.549. The van der Waals surface area contributed by atoms with Crippen LogP contribution in [-0.2, 0) is 20.5 Å². The lowest BCUT2D eigenvalue weighted by Gasteiger charge is -2.06. The molecule has 0 aliphatic carbocycles. The first-order valence-corrected chi connectivity index (χ1v) is 7.60. The topological polar surface area (TPSA) is 79.2 Å². The van der Waals surface area contributed by atoms with Crippen LogP contribution in [0.25, 0.3) is 6.08 Å². The van der Waals surface area contributed by atoms with Crippen LogP contribution in [0.15, 0.2) is 54.6 Å². The zero-order chi connectivity index (χ0) is 19.9. The summed E-state index contributed by atoms with van der Waals surface area (Å²) in [6.07, 6.45) is -2.15. The molecule has 1 N–H and O–H groups in total. The summed E-state index contributed by atoms with van der Waals surface area (Å²) in [5, 5.41) is 11.3. The molecule has 138 valence electrons. The van der Waals surface area contributed by atoms with Crippen LogP contribution in [0.2, 0.25) is 0 Å². The van der Waals surface area contributed by atoms with Gasteiger partial charge in [-0.05, 0) is 42.0 Å². The van der Waals surface area contributed by atoms with Crippen molar-refractivity contribution in [1.29, 1.82) is 5.26 Å². The number of nitrogens with one attached hydrogen (secondary N) is 1. The predicted octanol–water partition coefficient (Wildman–Crippen LogP) is 3.77. The Labute approximate surface area is 152 Å². The standard InChI is InChI=1S/C19H13F3N2O3/c20-19(21,22)15-7-4-13(5-8-15)6-9-18(26)27-12-17(25)24-16-3-1-2-14(10-16)11-23/h1-10H,12H2,(H,24,25)/b9-6+. The molecule has 0 atom stereocenters. The van der Waals surface area contributed by atoms with E-state index in [1.807, 2.05) is 6.07 Å². The second kappa shape index (κ2) is 8.67.